The van der Waals surface area contributed by atoms with Gasteiger partial charge in [0.15, 0.2) is 5.78 Å². The van der Waals surface area contributed by atoms with E-state index in [1.807, 2.05) is 19.9 Å². The fraction of sp³-hybridized carbons (Fsp3) is 0.839. The first kappa shape index (κ1) is 25.2. The van der Waals surface area contributed by atoms with Gasteiger partial charge in [0.1, 0.15) is 5.78 Å². The second-order valence-corrected chi connectivity index (χ2v) is 15.2. The van der Waals surface area contributed by atoms with Crippen molar-refractivity contribution in [3.63, 3.8) is 0 Å². The first-order valence-corrected chi connectivity index (χ1v) is 14.0. The third kappa shape index (κ3) is 3.00. The van der Waals surface area contributed by atoms with Gasteiger partial charge in [0, 0.05) is 17.8 Å². The molecule has 2 N–H and O–H groups in total. The van der Waals surface area contributed by atoms with Crippen LogP contribution in [0.1, 0.15) is 99.8 Å². The van der Waals surface area contributed by atoms with E-state index < -0.39 is 5.41 Å². The molecule has 0 aromatic carbocycles. The van der Waals surface area contributed by atoms with Crippen molar-refractivity contribution in [3.05, 3.63) is 23.2 Å². The van der Waals surface area contributed by atoms with Crippen LogP contribution in [0.15, 0.2) is 11.8 Å². The van der Waals surface area contributed by atoms with Crippen LogP contribution in [0, 0.1) is 62.7 Å². The van der Waals surface area contributed by atoms with E-state index in [-0.39, 0.29) is 56.3 Å². The van der Waals surface area contributed by atoms with Crippen LogP contribution < -0.4 is 5.73 Å². The summed E-state index contributed by atoms with van der Waals surface area (Å²) in [5.74, 6) is 1.19. The number of fused-ring (bicyclic) bond motifs is 7. The van der Waals surface area contributed by atoms with Gasteiger partial charge in [-0.05, 0) is 96.3 Å². The number of Topliss-reactive ketones (excluding diaryl/α,β-unsaturated/α-hetero) is 2. The molecule has 5 aliphatic rings. The van der Waals surface area contributed by atoms with Crippen LogP contribution in [-0.4, -0.2) is 18.1 Å². The maximum atomic E-state index is 14.4. The van der Waals surface area contributed by atoms with E-state index in [0.717, 1.165) is 38.5 Å². The molecule has 0 radical (unpaired) electrons. The van der Waals surface area contributed by atoms with E-state index in [1.54, 1.807) is 0 Å². The Hall–Kier alpha value is -1.47. The summed E-state index contributed by atoms with van der Waals surface area (Å²) in [4.78, 5) is 31.2. The van der Waals surface area contributed by atoms with Crippen LogP contribution in [0.2, 0.25) is 0 Å². The minimum atomic E-state index is -0.569. The Morgan fingerprint density at radius 2 is 1.60 bits per heavy atom. The van der Waals surface area contributed by atoms with Gasteiger partial charge in [-0.3, -0.25) is 4.79 Å². The summed E-state index contributed by atoms with van der Waals surface area (Å²) in [5.41, 5.74) is 6.20. The van der Waals surface area contributed by atoms with Crippen LogP contribution in [0.3, 0.4) is 0 Å². The van der Waals surface area contributed by atoms with Crippen molar-refractivity contribution in [2.45, 2.75) is 99.8 Å². The molecule has 192 valence electrons. The summed E-state index contributed by atoms with van der Waals surface area (Å²) < 4.78 is 0. The zero-order valence-corrected chi connectivity index (χ0v) is 23.1. The summed E-state index contributed by atoms with van der Waals surface area (Å²) >= 11 is 0. The molecule has 0 amide bonds. The Labute approximate surface area is 212 Å². The third-order valence-corrected chi connectivity index (χ3v) is 13.0. The van der Waals surface area contributed by atoms with Crippen molar-refractivity contribution in [2.24, 2.45) is 61.9 Å². The molecule has 0 aliphatic heterocycles. The molecule has 2 unspecified atom stereocenters. The Bertz CT molecular complexity index is 1050. The zero-order valence-electron chi connectivity index (χ0n) is 23.1. The normalized spacial score (nSPS) is 50.1. The molecule has 0 aromatic heterocycles. The van der Waals surface area contributed by atoms with E-state index in [2.05, 4.69) is 39.5 Å². The summed E-state index contributed by atoms with van der Waals surface area (Å²) in [6.45, 7) is 24.4. The van der Waals surface area contributed by atoms with E-state index >= 15 is 0 Å². The van der Waals surface area contributed by atoms with Gasteiger partial charge in [0.05, 0.1) is 6.57 Å². The lowest BCUT2D eigenvalue weighted by atomic mass is 9.31. The van der Waals surface area contributed by atoms with Crippen LogP contribution in [-0.2, 0) is 9.59 Å². The predicted octanol–water partition coefficient (Wildman–Crippen LogP) is 6.60. The second kappa shape index (κ2) is 7.31. The third-order valence-electron chi connectivity index (χ3n) is 13.0. The summed E-state index contributed by atoms with van der Waals surface area (Å²) in [6.07, 6.45) is 10.3. The summed E-state index contributed by atoms with van der Waals surface area (Å²) in [7, 11) is 0. The Balaban J connectivity index is 1.63. The average molecular weight is 479 g/mol. The van der Waals surface area contributed by atoms with Gasteiger partial charge in [0.2, 0.25) is 5.70 Å². The molecule has 0 bridgehead atoms. The molecule has 35 heavy (non-hydrogen) atoms. The highest BCUT2D eigenvalue weighted by molar-refractivity contribution is 6.02. The number of ketones is 2. The highest BCUT2D eigenvalue weighted by Crippen LogP contribution is 2.75. The minimum Gasteiger partial charge on any atom is -0.330 e. The molecule has 4 heteroatoms. The fourth-order valence-electron chi connectivity index (χ4n) is 10.7. The number of rotatable bonds is 1. The lowest BCUT2D eigenvalue weighted by Gasteiger charge is -2.72. The van der Waals surface area contributed by atoms with Crippen molar-refractivity contribution in [2.75, 3.05) is 6.54 Å². The number of nitrogens with zero attached hydrogens (tertiary/aromatic N) is 1. The lowest BCUT2D eigenvalue weighted by molar-refractivity contribution is -0.221. The SMILES string of the molecule is [C-]#[N+]C1=C[C@]2(C)[C@H]3CC(=O)C4C5CC(C)(C)CC[C@]5(CN)CC[C@@]4(C)[C@]3(C)CC[C@H]2C(C)(C)C1=O. The lowest BCUT2D eigenvalue weighted by Crippen LogP contribution is -2.69. The molecule has 5 rings (SSSR count). The molecule has 4 fully saturated rings. The maximum Gasteiger partial charge on any atom is 0.226 e. The predicted molar refractivity (Wildman–Crippen MR) is 139 cm³/mol. The fourth-order valence-corrected chi connectivity index (χ4v) is 10.7. The molecule has 0 saturated heterocycles. The largest absolute Gasteiger partial charge is 0.330 e. The molecule has 5 aliphatic carbocycles. The molecule has 8 atom stereocenters. The van der Waals surface area contributed by atoms with Crippen molar-refractivity contribution < 1.29 is 9.59 Å². The Kier molecular flexibility index (Phi) is 5.26. The number of allylic oxidation sites excluding steroid dienone is 2. The van der Waals surface area contributed by atoms with Crippen LogP contribution in [0.5, 0.6) is 0 Å². The van der Waals surface area contributed by atoms with Crippen LogP contribution in [0.4, 0.5) is 0 Å². The van der Waals surface area contributed by atoms with Crippen molar-refractivity contribution in [1.82, 2.24) is 0 Å². The van der Waals surface area contributed by atoms with E-state index in [0.29, 0.717) is 24.7 Å². The van der Waals surface area contributed by atoms with Gasteiger partial charge in [-0.1, -0.05) is 54.5 Å². The number of nitrogens with two attached hydrogens (primary N) is 1. The summed E-state index contributed by atoms with van der Waals surface area (Å²) in [5, 5.41) is 0. The first-order valence-electron chi connectivity index (χ1n) is 14.0. The molecule has 0 spiro atoms. The number of hydrogen-bond acceptors (Lipinski definition) is 3. The standard InChI is InChI=1S/C31H46N2O2/c1-26(2)11-13-31(18-32)14-12-30(7)24(19(31)16-26)21(34)15-23-28(5)17-20(33-8)25(35)27(3,4)22(28)9-10-29(23,30)6/h17,19,22-24H,9-16,18,32H2,1-7H3/t19?,22-,23+,24?,28-,29+,30+,31+/m0/s1. The van der Waals surface area contributed by atoms with Crippen LogP contribution in [0.25, 0.3) is 4.85 Å². The molecule has 4 nitrogen and oxygen atoms in total. The van der Waals surface area contributed by atoms with Gasteiger partial charge < -0.3 is 10.5 Å². The van der Waals surface area contributed by atoms with Gasteiger partial charge in [-0.15, -0.1) is 0 Å². The van der Waals surface area contributed by atoms with Gasteiger partial charge in [0.25, 0.3) is 0 Å². The van der Waals surface area contributed by atoms with E-state index in [1.165, 1.54) is 6.42 Å². The van der Waals surface area contributed by atoms with Crippen molar-refractivity contribution >= 4 is 11.6 Å². The van der Waals surface area contributed by atoms with Gasteiger partial charge in [-0.25, -0.2) is 4.85 Å². The molecular formula is C31H46N2O2. The highest BCUT2D eigenvalue weighted by atomic mass is 16.1. The second-order valence-electron chi connectivity index (χ2n) is 15.2. The number of carbonyl (C=O) groups excluding carboxylic acids is 2. The number of hydrogen-bond donors (Lipinski definition) is 1. The van der Waals surface area contributed by atoms with E-state index in [4.69, 9.17) is 12.3 Å². The molecule has 4 saturated carbocycles. The van der Waals surface area contributed by atoms with Gasteiger partial charge >= 0.3 is 0 Å². The molecule has 0 heterocycles. The summed E-state index contributed by atoms with van der Waals surface area (Å²) in [6, 6.07) is 0. The maximum absolute atomic E-state index is 14.4. The quantitative estimate of drug-likeness (QED) is 0.432. The van der Waals surface area contributed by atoms with Crippen molar-refractivity contribution in [1.29, 1.82) is 0 Å². The highest BCUT2D eigenvalue weighted by Gasteiger charge is 2.71. The van der Waals surface area contributed by atoms with E-state index in [9.17, 15) is 9.59 Å². The zero-order chi connectivity index (χ0) is 25.8. The Morgan fingerprint density at radius 3 is 2.23 bits per heavy atom. The Morgan fingerprint density at radius 1 is 0.943 bits per heavy atom. The minimum absolute atomic E-state index is 0.000714. The average Bonchev–Trinajstić information content (AvgIpc) is 2.77. The van der Waals surface area contributed by atoms with Crippen molar-refractivity contribution in [3.8, 4) is 0 Å². The monoisotopic (exact) mass is 478 g/mol. The molecular weight excluding hydrogens is 432 g/mol. The molecule has 0 aromatic rings. The topological polar surface area (TPSA) is 64.5 Å². The van der Waals surface area contributed by atoms with Gasteiger partial charge in [-0.2, -0.15) is 0 Å². The van der Waals surface area contributed by atoms with Crippen LogP contribution >= 0.6 is 0 Å². The number of carbonyl (C=O) groups is 2. The first-order chi connectivity index (χ1) is 16.1. The smallest absolute Gasteiger partial charge is 0.226 e.